The number of hydrogen-bond acceptors (Lipinski definition) is 4. The summed E-state index contributed by atoms with van der Waals surface area (Å²) in [5.41, 5.74) is 4.79. The van der Waals surface area contributed by atoms with Crippen LogP contribution in [0.15, 0.2) is 42.5 Å². The molecule has 0 radical (unpaired) electrons. The van der Waals surface area contributed by atoms with Gasteiger partial charge in [-0.05, 0) is 44.4 Å². The lowest BCUT2D eigenvalue weighted by Crippen LogP contribution is -2.30. The van der Waals surface area contributed by atoms with E-state index < -0.39 is 17.8 Å². The molecule has 6 nitrogen and oxygen atoms in total. The Labute approximate surface area is 177 Å². The summed E-state index contributed by atoms with van der Waals surface area (Å²) in [5.74, 6) is -1.54. The molecule has 1 aliphatic heterocycles. The average Bonchev–Trinajstić information content (AvgIpc) is 3.10. The Morgan fingerprint density at radius 3 is 2.40 bits per heavy atom. The van der Waals surface area contributed by atoms with Crippen LogP contribution in [-0.4, -0.2) is 35.8 Å². The molecule has 1 fully saturated rings. The summed E-state index contributed by atoms with van der Waals surface area (Å²) in [6, 6.07) is 13.6. The van der Waals surface area contributed by atoms with Crippen molar-refractivity contribution in [1.82, 2.24) is 4.90 Å². The molecule has 1 saturated heterocycles. The lowest BCUT2D eigenvalue weighted by atomic mass is 10.1. The van der Waals surface area contributed by atoms with Crippen molar-refractivity contribution in [1.29, 1.82) is 0 Å². The SMILES string of the molecule is Cc1cc(C)c(NC(=O)COC(=O)[C@@H]2CC(=O)N([C@H](C)c3ccccc3)C2)c(C)c1. The van der Waals surface area contributed by atoms with Crippen LogP contribution in [0.1, 0.15) is 41.6 Å². The van der Waals surface area contributed by atoms with E-state index in [-0.39, 0.29) is 25.0 Å². The topological polar surface area (TPSA) is 75.7 Å². The smallest absolute Gasteiger partial charge is 0.311 e. The number of anilines is 1. The van der Waals surface area contributed by atoms with Gasteiger partial charge in [-0.3, -0.25) is 14.4 Å². The van der Waals surface area contributed by atoms with Crippen LogP contribution < -0.4 is 5.32 Å². The molecule has 2 aromatic rings. The molecule has 1 aliphatic rings. The Hall–Kier alpha value is -3.15. The number of likely N-dealkylation sites (tertiary alicyclic amines) is 1. The number of benzene rings is 2. The average molecular weight is 408 g/mol. The van der Waals surface area contributed by atoms with E-state index in [9.17, 15) is 14.4 Å². The van der Waals surface area contributed by atoms with E-state index in [4.69, 9.17) is 4.74 Å². The van der Waals surface area contributed by atoms with E-state index in [1.807, 2.05) is 70.2 Å². The first-order chi connectivity index (χ1) is 14.3. The lowest BCUT2D eigenvalue weighted by Gasteiger charge is -2.25. The van der Waals surface area contributed by atoms with Crippen molar-refractivity contribution in [3.05, 3.63) is 64.7 Å². The molecule has 0 saturated carbocycles. The van der Waals surface area contributed by atoms with Gasteiger partial charge in [0.25, 0.3) is 5.91 Å². The zero-order valence-electron chi connectivity index (χ0n) is 17.9. The molecule has 0 bridgehead atoms. The quantitative estimate of drug-likeness (QED) is 0.740. The van der Waals surface area contributed by atoms with Crippen LogP contribution in [-0.2, 0) is 19.1 Å². The Bertz CT molecular complexity index is 932. The molecular weight excluding hydrogens is 380 g/mol. The molecule has 1 N–H and O–H groups in total. The van der Waals surface area contributed by atoms with Crippen molar-refractivity contribution in [2.24, 2.45) is 5.92 Å². The van der Waals surface area contributed by atoms with E-state index >= 15 is 0 Å². The minimum absolute atomic E-state index is 0.0799. The fraction of sp³-hybridized carbons (Fsp3) is 0.375. The highest BCUT2D eigenvalue weighted by molar-refractivity contribution is 5.95. The summed E-state index contributed by atoms with van der Waals surface area (Å²) in [6.07, 6.45) is 0.105. The molecule has 30 heavy (non-hydrogen) atoms. The molecular formula is C24H28N2O4. The standard InChI is InChI=1S/C24H28N2O4/c1-15-10-16(2)23(17(3)11-15)25-21(27)14-30-24(29)20-12-22(28)26(13-20)18(4)19-8-6-5-7-9-19/h5-11,18,20H,12-14H2,1-4H3,(H,25,27)/t18-,20-/m1/s1. The summed E-state index contributed by atoms with van der Waals surface area (Å²) >= 11 is 0. The first-order valence-corrected chi connectivity index (χ1v) is 10.1. The van der Waals surface area contributed by atoms with Crippen LogP contribution in [0.3, 0.4) is 0 Å². The lowest BCUT2D eigenvalue weighted by molar-refractivity contribution is -0.151. The second-order valence-corrected chi connectivity index (χ2v) is 7.96. The van der Waals surface area contributed by atoms with Gasteiger partial charge in [-0.2, -0.15) is 0 Å². The van der Waals surface area contributed by atoms with E-state index in [1.165, 1.54) is 0 Å². The van der Waals surface area contributed by atoms with Gasteiger partial charge in [0.15, 0.2) is 6.61 Å². The van der Waals surface area contributed by atoms with Crippen LogP contribution >= 0.6 is 0 Å². The molecule has 2 aromatic carbocycles. The summed E-state index contributed by atoms with van der Waals surface area (Å²) in [6.45, 7) is 7.72. The second-order valence-electron chi connectivity index (χ2n) is 7.96. The van der Waals surface area contributed by atoms with Crippen molar-refractivity contribution in [3.8, 4) is 0 Å². The van der Waals surface area contributed by atoms with Gasteiger partial charge in [-0.1, -0.05) is 48.0 Å². The highest BCUT2D eigenvalue weighted by Crippen LogP contribution is 2.29. The first kappa shape index (κ1) is 21.6. The van der Waals surface area contributed by atoms with Gasteiger partial charge in [-0.25, -0.2) is 0 Å². The summed E-state index contributed by atoms with van der Waals surface area (Å²) in [4.78, 5) is 38.8. The van der Waals surface area contributed by atoms with Crippen molar-refractivity contribution in [2.75, 3.05) is 18.5 Å². The Morgan fingerprint density at radius 1 is 1.13 bits per heavy atom. The molecule has 2 atom stereocenters. The molecule has 158 valence electrons. The Balaban J connectivity index is 1.54. The van der Waals surface area contributed by atoms with Crippen LogP contribution in [0.4, 0.5) is 5.69 Å². The number of esters is 1. The molecule has 1 heterocycles. The van der Waals surface area contributed by atoms with Gasteiger partial charge in [0, 0.05) is 18.7 Å². The fourth-order valence-electron chi connectivity index (χ4n) is 3.98. The maximum absolute atomic E-state index is 12.4. The summed E-state index contributed by atoms with van der Waals surface area (Å²) < 4.78 is 5.22. The van der Waals surface area contributed by atoms with E-state index in [0.29, 0.717) is 6.54 Å². The van der Waals surface area contributed by atoms with Crippen molar-refractivity contribution in [3.63, 3.8) is 0 Å². The van der Waals surface area contributed by atoms with E-state index in [2.05, 4.69) is 5.32 Å². The molecule has 0 aliphatic carbocycles. The van der Waals surface area contributed by atoms with Gasteiger partial charge in [0.2, 0.25) is 5.91 Å². The monoisotopic (exact) mass is 408 g/mol. The largest absolute Gasteiger partial charge is 0.455 e. The van der Waals surface area contributed by atoms with Crippen molar-refractivity contribution >= 4 is 23.5 Å². The number of carbonyl (C=O) groups is 3. The number of nitrogens with zero attached hydrogens (tertiary/aromatic N) is 1. The molecule has 6 heteroatoms. The fourth-order valence-corrected chi connectivity index (χ4v) is 3.98. The third-order valence-electron chi connectivity index (χ3n) is 5.53. The highest BCUT2D eigenvalue weighted by Gasteiger charge is 2.38. The highest BCUT2D eigenvalue weighted by atomic mass is 16.5. The number of rotatable bonds is 6. The Morgan fingerprint density at radius 2 is 1.77 bits per heavy atom. The zero-order chi connectivity index (χ0) is 21.8. The third-order valence-corrected chi connectivity index (χ3v) is 5.53. The number of aryl methyl sites for hydroxylation is 3. The number of hydrogen-bond donors (Lipinski definition) is 1. The number of ether oxygens (including phenoxy) is 1. The van der Waals surface area contributed by atoms with Gasteiger partial charge in [-0.15, -0.1) is 0 Å². The number of amides is 2. The van der Waals surface area contributed by atoms with Crippen LogP contribution in [0.2, 0.25) is 0 Å². The van der Waals surface area contributed by atoms with Crippen LogP contribution in [0.25, 0.3) is 0 Å². The van der Waals surface area contributed by atoms with Gasteiger partial charge in [0.05, 0.1) is 12.0 Å². The summed E-state index contributed by atoms with van der Waals surface area (Å²) in [5, 5.41) is 2.82. The molecule has 0 aromatic heterocycles. The molecule has 2 amide bonds. The minimum Gasteiger partial charge on any atom is -0.455 e. The molecule has 0 spiro atoms. The van der Waals surface area contributed by atoms with E-state index in [0.717, 1.165) is 27.9 Å². The predicted molar refractivity (Wildman–Crippen MR) is 115 cm³/mol. The van der Waals surface area contributed by atoms with Gasteiger partial charge < -0.3 is 15.0 Å². The van der Waals surface area contributed by atoms with Crippen LogP contribution in [0.5, 0.6) is 0 Å². The van der Waals surface area contributed by atoms with E-state index in [1.54, 1.807) is 4.90 Å². The van der Waals surface area contributed by atoms with Gasteiger partial charge >= 0.3 is 5.97 Å². The molecule has 0 unspecified atom stereocenters. The first-order valence-electron chi connectivity index (χ1n) is 10.1. The molecule has 3 rings (SSSR count). The summed E-state index contributed by atoms with van der Waals surface area (Å²) in [7, 11) is 0. The predicted octanol–water partition coefficient (Wildman–Crippen LogP) is 3.70. The zero-order valence-corrected chi connectivity index (χ0v) is 17.9. The third kappa shape index (κ3) is 4.87. The Kier molecular flexibility index (Phi) is 6.55. The van der Waals surface area contributed by atoms with Gasteiger partial charge in [0.1, 0.15) is 0 Å². The normalized spacial score (nSPS) is 17.0. The minimum atomic E-state index is -0.556. The maximum atomic E-state index is 12.4. The van der Waals surface area contributed by atoms with Crippen LogP contribution in [0, 0.1) is 26.7 Å². The van der Waals surface area contributed by atoms with Crippen molar-refractivity contribution < 1.29 is 19.1 Å². The maximum Gasteiger partial charge on any atom is 0.311 e. The second kappa shape index (κ2) is 9.11. The number of carbonyl (C=O) groups excluding carboxylic acids is 3. The number of nitrogens with one attached hydrogen (secondary N) is 1. The van der Waals surface area contributed by atoms with Crippen molar-refractivity contribution in [2.45, 2.75) is 40.2 Å².